The average molecular weight is 220 g/mol. The van der Waals surface area contributed by atoms with Gasteiger partial charge in [-0.15, -0.1) is 0 Å². The first-order chi connectivity index (χ1) is 7.42. The molecule has 1 nitrogen and oxygen atoms in total. The Bertz CT molecular complexity index is 330. The van der Waals surface area contributed by atoms with Crippen LogP contribution in [0.4, 0.5) is 0 Å². The van der Waals surface area contributed by atoms with Crippen LogP contribution < -0.4 is 0 Å². The molecule has 4 atom stereocenters. The molecular formula is C15H24O. The Morgan fingerprint density at radius 3 is 2.69 bits per heavy atom. The van der Waals surface area contributed by atoms with Crippen molar-refractivity contribution in [1.82, 2.24) is 0 Å². The van der Waals surface area contributed by atoms with E-state index < -0.39 is 0 Å². The van der Waals surface area contributed by atoms with Crippen molar-refractivity contribution in [3.8, 4) is 0 Å². The maximum absolute atomic E-state index is 5.86. The summed E-state index contributed by atoms with van der Waals surface area (Å²) in [5, 5.41) is 0. The zero-order chi connectivity index (χ0) is 11.6. The Labute approximate surface area is 99.3 Å². The molecule has 3 rings (SSSR count). The molecule has 0 bridgehead atoms. The van der Waals surface area contributed by atoms with Gasteiger partial charge in [0.2, 0.25) is 0 Å². The first-order valence-corrected chi connectivity index (χ1v) is 6.78. The topological polar surface area (TPSA) is 12.5 Å². The minimum atomic E-state index is 0.223. The third kappa shape index (κ3) is 1.48. The normalized spacial score (nSPS) is 50.2. The number of hydrogen-bond donors (Lipinski definition) is 0. The Kier molecular flexibility index (Phi) is 2.12. The molecular weight excluding hydrogens is 196 g/mol. The Morgan fingerprint density at radius 2 is 2.00 bits per heavy atom. The molecule has 0 spiro atoms. The monoisotopic (exact) mass is 220 g/mol. The number of allylic oxidation sites excluding steroid dienone is 1. The fraction of sp³-hybridized carbons (Fsp3) is 0.867. The van der Waals surface area contributed by atoms with E-state index in [9.17, 15) is 0 Å². The summed E-state index contributed by atoms with van der Waals surface area (Å²) in [6.45, 7) is 11.5. The predicted octanol–water partition coefficient (Wildman–Crippen LogP) is 3.94. The van der Waals surface area contributed by atoms with Crippen molar-refractivity contribution in [2.75, 3.05) is 0 Å². The number of epoxide rings is 1. The zero-order valence-corrected chi connectivity index (χ0v) is 10.9. The van der Waals surface area contributed by atoms with Crippen LogP contribution in [0, 0.1) is 17.3 Å². The summed E-state index contributed by atoms with van der Waals surface area (Å²) < 4.78 is 5.86. The lowest BCUT2D eigenvalue weighted by atomic mass is 9.52. The van der Waals surface area contributed by atoms with Crippen LogP contribution in [-0.2, 0) is 4.74 Å². The van der Waals surface area contributed by atoms with Gasteiger partial charge in [-0.25, -0.2) is 0 Å². The van der Waals surface area contributed by atoms with Gasteiger partial charge in [0.1, 0.15) is 0 Å². The Balaban J connectivity index is 1.78. The summed E-state index contributed by atoms with van der Waals surface area (Å²) in [6.07, 6.45) is 6.89. The average Bonchev–Trinajstić information content (AvgIpc) is 2.82. The number of rotatable bonds is 0. The number of hydrogen-bond acceptors (Lipinski definition) is 1. The van der Waals surface area contributed by atoms with Crippen LogP contribution in [-0.4, -0.2) is 11.7 Å². The second-order valence-corrected chi connectivity index (χ2v) is 7.06. The summed E-state index contributed by atoms with van der Waals surface area (Å²) in [6, 6.07) is 0. The van der Waals surface area contributed by atoms with Crippen LogP contribution in [0.15, 0.2) is 12.2 Å². The van der Waals surface area contributed by atoms with Gasteiger partial charge in [0.15, 0.2) is 0 Å². The first-order valence-electron chi connectivity index (χ1n) is 6.78. The molecule has 1 unspecified atom stereocenters. The van der Waals surface area contributed by atoms with E-state index in [1.807, 2.05) is 0 Å². The molecule has 16 heavy (non-hydrogen) atoms. The van der Waals surface area contributed by atoms with E-state index in [2.05, 4.69) is 27.4 Å². The summed E-state index contributed by atoms with van der Waals surface area (Å²) in [5.41, 5.74) is 2.27. The fourth-order valence-electron chi connectivity index (χ4n) is 4.08. The highest BCUT2D eigenvalue weighted by Crippen LogP contribution is 2.59. The maximum atomic E-state index is 5.86. The molecule has 0 amide bonds. The van der Waals surface area contributed by atoms with E-state index in [1.54, 1.807) is 0 Å². The third-order valence-corrected chi connectivity index (χ3v) is 5.47. The molecule has 90 valence electrons. The highest BCUT2D eigenvalue weighted by Gasteiger charge is 2.55. The molecule has 3 aliphatic rings. The van der Waals surface area contributed by atoms with Gasteiger partial charge in [0.25, 0.3) is 0 Å². The molecule has 1 aliphatic heterocycles. The van der Waals surface area contributed by atoms with E-state index in [1.165, 1.54) is 37.7 Å². The minimum Gasteiger partial charge on any atom is -0.366 e. The van der Waals surface area contributed by atoms with Gasteiger partial charge in [0, 0.05) is 0 Å². The molecule has 0 aromatic rings. The summed E-state index contributed by atoms with van der Waals surface area (Å²) in [7, 11) is 0. The summed E-state index contributed by atoms with van der Waals surface area (Å²) in [5.74, 6) is 1.68. The molecule has 2 saturated carbocycles. The molecule has 1 heteroatoms. The lowest BCUT2D eigenvalue weighted by molar-refractivity contribution is -0.00211. The van der Waals surface area contributed by atoms with Crippen LogP contribution in [0.2, 0.25) is 0 Å². The summed E-state index contributed by atoms with van der Waals surface area (Å²) in [4.78, 5) is 0. The van der Waals surface area contributed by atoms with Crippen LogP contribution in [0.25, 0.3) is 0 Å². The van der Waals surface area contributed by atoms with Gasteiger partial charge < -0.3 is 4.74 Å². The van der Waals surface area contributed by atoms with Crippen LogP contribution in [0.3, 0.4) is 0 Å². The van der Waals surface area contributed by atoms with Crippen molar-refractivity contribution < 1.29 is 4.74 Å². The molecule has 1 saturated heterocycles. The number of fused-ring (bicyclic) bond motifs is 2. The van der Waals surface area contributed by atoms with E-state index in [0.29, 0.717) is 11.5 Å². The van der Waals surface area contributed by atoms with Gasteiger partial charge >= 0.3 is 0 Å². The second-order valence-electron chi connectivity index (χ2n) is 7.06. The Morgan fingerprint density at radius 1 is 1.25 bits per heavy atom. The molecule has 0 aromatic heterocycles. The van der Waals surface area contributed by atoms with Gasteiger partial charge in [-0.3, -0.25) is 0 Å². The van der Waals surface area contributed by atoms with Gasteiger partial charge in [-0.05, 0) is 56.3 Å². The Hall–Kier alpha value is -0.300. The van der Waals surface area contributed by atoms with Crippen molar-refractivity contribution in [3.05, 3.63) is 12.2 Å². The van der Waals surface area contributed by atoms with E-state index in [0.717, 1.165) is 11.8 Å². The standard InChI is InChI=1S/C15H24O/c1-10-5-6-13-15(4,16-13)8-7-12-11(10)9-14(12,2)3/h11-13H,1,5-9H2,2-4H3/t11?,12-,13+,15-/m1/s1. The quantitative estimate of drug-likeness (QED) is 0.445. The fourth-order valence-corrected chi connectivity index (χ4v) is 4.08. The van der Waals surface area contributed by atoms with Crippen molar-refractivity contribution >= 4 is 0 Å². The smallest absolute Gasteiger partial charge is 0.0920 e. The first kappa shape index (κ1) is 10.8. The van der Waals surface area contributed by atoms with Crippen molar-refractivity contribution in [2.45, 2.75) is 64.6 Å². The van der Waals surface area contributed by atoms with Crippen LogP contribution >= 0.6 is 0 Å². The predicted molar refractivity (Wildman–Crippen MR) is 66.3 cm³/mol. The lowest BCUT2D eigenvalue weighted by Crippen LogP contribution is -2.44. The zero-order valence-electron chi connectivity index (χ0n) is 10.9. The van der Waals surface area contributed by atoms with E-state index in [4.69, 9.17) is 4.74 Å². The van der Waals surface area contributed by atoms with Gasteiger partial charge in [-0.1, -0.05) is 26.0 Å². The molecule has 0 aromatic carbocycles. The highest BCUT2D eigenvalue weighted by atomic mass is 16.6. The highest BCUT2D eigenvalue weighted by molar-refractivity contribution is 5.16. The summed E-state index contributed by atoms with van der Waals surface area (Å²) >= 11 is 0. The van der Waals surface area contributed by atoms with Crippen LogP contribution in [0.5, 0.6) is 0 Å². The minimum absolute atomic E-state index is 0.223. The SMILES string of the molecule is C=C1CC[C@@H]2O[C@]2(C)CC[C@@H]2C1CC2(C)C. The van der Waals surface area contributed by atoms with Gasteiger partial charge in [-0.2, -0.15) is 0 Å². The lowest BCUT2D eigenvalue weighted by Gasteiger charge is -2.53. The van der Waals surface area contributed by atoms with E-state index in [-0.39, 0.29) is 5.60 Å². The largest absolute Gasteiger partial charge is 0.366 e. The van der Waals surface area contributed by atoms with Crippen molar-refractivity contribution in [1.29, 1.82) is 0 Å². The number of ether oxygens (including phenoxy) is 1. The molecule has 0 N–H and O–H groups in total. The van der Waals surface area contributed by atoms with Crippen molar-refractivity contribution in [3.63, 3.8) is 0 Å². The van der Waals surface area contributed by atoms with Gasteiger partial charge in [0.05, 0.1) is 11.7 Å². The maximum Gasteiger partial charge on any atom is 0.0920 e. The third-order valence-electron chi connectivity index (χ3n) is 5.47. The molecule has 0 radical (unpaired) electrons. The van der Waals surface area contributed by atoms with Crippen molar-refractivity contribution in [2.24, 2.45) is 17.3 Å². The van der Waals surface area contributed by atoms with Crippen LogP contribution in [0.1, 0.15) is 52.9 Å². The molecule has 1 heterocycles. The molecule has 2 aliphatic carbocycles. The second kappa shape index (κ2) is 3.13. The molecule has 3 fully saturated rings. The van der Waals surface area contributed by atoms with E-state index >= 15 is 0 Å².